The first kappa shape index (κ1) is 15.0. The highest BCUT2D eigenvalue weighted by Crippen LogP contribution is 2.17. The number of hydrogen-bond acceptors (Lipinski definition) is 3. The van der Waals surface area contributed by atoms with Crippen LogP contribution >= 0.6 is 0 Å². The molecule has 1 saturated heterocycles. The summed E-state index contributed by atoms with van der Waals surface area (Å²) in [5.41, 5.74) is -0.777. The molecule has 1 aliphatic rings. The summed E-state index contributed by atoms with van der Waals surface area (Å²) in [5, 5.41) is 12.1. The molecule has 0 aromatic heterocycles. The van der Waals surface area contributed by atoms with Crippen LogP contribution in [0, 0.1) is 17.2 Å². The molecule has 0 bridgehead atoms. The van der Waals surface area contributed by atoms with E-state index >= 15 is 0 Å². The van der Waals surface area contributed by atoms with Gasteiger partial charge in [0.1, 0.15) is 5.54 Å². The van der Waals surface area contributed by atoms with E-state index in [4.69, 9.17) is 0 Å². The topological polar surface area (TPSA) is 56.1 Å². The maximum Gasteiger partial charge on any atom is 0.238 e. The van der Waals surface area contributed by atoms with E-state index in [1.54, 1.807) is 6.92 Å². The van der Waals surface area contributed by atoms with E-state index in [0.717, 1.165) is 25.9 Å². The fourth-order valence-electron chi connectivity index (χ4n) is 2.13. The molecule has 18 heavy (non-hydrogen) atoms. The number of nitriles is 1. The van der Waals surface area contributed by atoms with Gasteiger partial charge in [0.25, 0.3) is 0 Å². The Morgan fingerprint density at radius 1 is 1.28 bits per heavy atom. The van der Waals surface area contributed by atoms with Crippen molar-refractivity contribution in [2.75, 3.05) is 13.1 Å². The number of carbonyl (C=O) groups is 1. The lowest BCUT2D eigenvalue weighted by molar-refractivity contribution is -0.127. The van der Waals surface area contributed by atoms with E-state index < -0.39 is 5.54 Å². The van der Waals surface area contributed by atoms with Crippen molar-refractivity contribution in [3.8, 4) is 6.07 Å². The Kier molecular flexibility index (Phi) is 5.15. The monoisotopic (exact) mass is 251 g/mol. The Morgan fingerprint density at radius 2 is 1.83 bits per heavy atom. The zero-order valence-electron chi connectivity index (χ0n) is 12.0. The van der Waals surface area contributed by atoms with E-state index in [1.807, 2.05) is 20.8 Å². The van der Waals surface area contributed by atoms with Gasteiger partial charge in [-0.3, -0.25) is 9.69 Å². The van der Waals surface area contributed by atoms with Gasteiger partial charge < -0.3 is 5.32 Å². The van der Waals surface area contributed by atoms with Gasteiger partial charge in [-0.25, -0.2) is 0 Å². The molecule has 102 valence electrons. The van der Waals surface area contributed by atoms with Crippen molar-refractivity contribution >= 4 is 5.91 Å². The first-order valence-electron chi connectivity index (χ1n) is 6.88. The minimum atomic E-state index is -0.777. The fourth-order valence-corrected chi connectivity index (χ4v) is 2.13. The van der Waals surface area contributed by atoms with Gasteiger partial charge in [-0.1, -0.05) is 20.3 Å². The first-order chi connectivity index (χ1) is 8.40. The molecule has 0 spiro atoms. The quantitative estimate of drug-likeness (QED) is 0.830. The average molecular weight is 251 g/mol. The van der Waals surface area contributed by atoms with Gasteiger partial charge in [-0.2, -0.15) is 5.26 Å². The highest BCUT2D eigenvalue weighted by Gasteiger charge is 2.33. The number of likely N-dealkylation sites (tertiary alicyclic amines) is 1. The van der Waals surface area contributed by atoms with Crippen LogP contribution in [0.2, 0.25) is 0 Å². The van der Waals surface area contributed by atoms with Gasteiger partial charge in [0.2, 0.25) is 5.91 Å². The Bertz CT molecular complexity index is 328. The van der Waals surface area contributed by atoms with Crippen LogP contribution in [0.4, 0.5) is 0 Å². The van der Waals surface area contributed by atoms with Crippen molar-refractivity contribution in [2.45, 2.75) is 58.5 Å². The number of piperidine rings is 1. The first-order valence-corrected chi connectivity index (χ1v) is 6.88. The average Bonchev–Trinajstić information content (AvgIpc) is 2.38. The van der Waals surface area contributed by atoms with Crippen LogP contribution in [0.1, 0.15) is 47.0 Å². The summed E-state index contributed by atoms with van der Waals surface area (Å²) >= 11 is 0. The molecule has 4 nitrogen and oxygen atoms in total. The second-order valence-electron chi connectivity index (χ2n) is 5.73. The van der Waals surface area contributed by atoms with E-state index in [1.165, 1.54) is 6.42 Å². The van der Waals surface area contributed by atoms with Crippen molar-refractivity contribution in [1.82, 2.24) is 10.2 Å². The lowest BCUT2D eigenvalue weighted by atomic mass is 9.89. The molecule has 1 rings (SSSR count). The van der Waals surface area contributed by atoms with Crippen molar-refractivity contribution in [3.63, 3.8) is 0 Å². The lowest BCUT2D eigenvalue weighted by Crippen LogP contribution is -2.55. The van der Waals surface area contributed by atoms with Gasteiger partial charge in [0.05, 0.1) is 12.1 Å². The molecule has 0 saturated carbocycles. The van der Waals surface area contributed by atoms with Gasteiger partial charge >= 0.3 is 0 Å². The molecule has 1 amide bonds. The van der Waals surface area contributed by atoms with Crippen molar-refractivity contribution in [1.29, 1.82) is 5.26 Å². The normalized spacial score (nSPS) is 22.0. The summed E-state index contributed by atoms with van der Waals surface area (Å²) in [7, 11) is 0. The van der Waals surface area contributed by atoms with E-state index in [-0.39, 0.29) is 17.9 Å². The maximum absolute atomic E-state index is 12.2. The summed E-state index contributed by atoms with van der Waals surface area (Å²) < 4.78 is 0. The fraction of sp³-hybridized carbons (Fsp3) is 0.857. The van der Waals surface area contributed by atoms with E-state index in [0.29, 0.717) is 0 Å². The van der Waals surface area contributed by atoms with Gasteiger partial charge in [0.15, 0.2) is 0 Å². The second kappa shape index (κ2) is 6.19. The summed E-state index contributed by atoms with van der Waals surface area (Å²) in [6, 6.07) is 2.07. The smallest absolute Gasteiger partial charge is 0.238 e. The minimum absolute atomic E-state index is 0.0327. The van der Waals surface area contributed by atoms with Crippen LogP contribution < -0.4 is 5.32 Å². The van der Waals surface area contributed by atoms with Gasteiger partial charge in [-0.05, 0) is 45.7 Å². The van der Waals surface area contributed by atoms with Crippen LogP contribution in [0.15, 0.2) is 0 Å². The Morgan fingerprint density at radius 3 is 2.28 bits per heavy atom. The molecule has 1 aliphatic heterocycles. The van der Waals surface area contributed by atoms with Crippen LogP contribution in [0.3, 0.4) is 0 Å². The lowest BCUT2D eigenvalue weighted by Gasteiger charge is -2.34. The van der Waals surface area contributed by atoms with Crippen LogP contribution in [0.5, 0.6) is 0 Å². The molecular weight excluding hydrogens is 226 g/mol. The highest BCUT2D eigenvalue weighted by atomic mass is 16.2. The standard InChI is InChI=1S/C14H25N3O/c1-11(2)14(4,10-15)16-13(18)12(3)17-8-6-5-7-9-17/h11-12H,5-9H2,1-4H3,(H,16,18)/t12-,14-/m0/s1. The number of carbonyl (C=O) groups excluding carboxylic acids is 1. The molecule has 1 fully saturated rings. The van der Waals surface area contributed by atoms with Crippen molar-refractivity contribution in [3.05, 3.63) is 0 Å². The third-order valence-electron chi connectivity index (χ3n) is 4.09. The Hall–Kier alpha value is -1.08. The van der Waals surface area contributed by atoms with Crippen LogP contribution in [0.25, 0.3) is 0 Å². The molecule has 0 aliphatic carbocycles. The van der Waals surface area contributed by atoms with Crippen LogP contribution in [-0.4, -0.2) is 35.5 Å². The predicted molar refractivity (Wildman–Crippen MR) is 71.9 cm³/mol. The molecule has 1 heterocycles. The van der Waals surface area contributed by atoms with Gasteiger partial charge in [0, 0.05) is 0 Å². The maximum atomic E-state index is 12.2. The summed E-state index contributed by atoms with van der Waals surface area (Å²) in [5.74, 6) is 0.0645. The highest BCUT2D eigenvalue weighted by molar-refractivity contribution is 5.82. The SMILES string of the molecule is CC(C)[C@](C)(C#N)NC(=O)[C@H](C)N1CCCCC1. The number of hydrogen-bond donors (Lipinski definition) is 1. The molecule has 0 unspecified atom stereocenters. The zero-order valence-corrected chi connectivity index (χ0v) is 12.0. The largest absolute Gasteiger partial charge is 0.336 e. The Labute approximate surface area is 110 Å². The molecule has 1 N–H and O–H groups in total. The minimum Gasteiger partial charge on any atom is -0.336 e. The summed E-state index contributed by atoms with van der Waals surface area (Å²) in [6.07, 6.45) is 3.58. The molecular formula is C14H25N3O. The molecule has 0 aromatic carbocycles. The van der Waals surface area contributed by atoms with Crippen molar-refractivity contribution < 1.29 is 4.79 Å². The van der Waals surface area contributed by atoms with E-state index in [9.17, 15) is 10.1 Å². The number of rotatable bonds is 4. The molecule has 2 atom stereocenters. The number of nitrogens with zero attached hydrogens (tertiary/aromatic N) is 2. The summed E-state index contributed by atoms with van der Waals surface area (Å²) in [4.78, 5) is 14.4. The predicted octanol–water partition coefficient (Wildman–Crippen LogP) is 1.92. The third kappa shape index (κ3) is 3.46. The summed E-state index contributed by atoms with van der Waals surface area (Å²) in [6.45, 7) is 9.60. The van der Waals surface area contributed by atoms with Crippen molar-refractivity contribution in [2.24, 2.45) is 5.92 Å². The molecule has 0 radical (unpaired) electrons. The van der Waals surface area contributed by atoms with Gasteiger partial charge in [-0.15, -0.1) is 0 Å². The third-order valence-corrected chi connectivity index (χ3v) is 4.09. The van der Waals surface area contributed by atoms with Crippen LogP contribution in [-0.2, 0) is 4.79 Å². The molecule has 0 aromatic rings. The zero-order chi connectivity index (χ0) is 13.8. The number of nitrogens with one attached hydrogen (secondary N) is 1. The molecule has 4 heteroatoms. The number of amides is 1. The second-order valence-corrected chi connectivity index (χ2v) is 5.73. The Balaban J connectivity index is 2.61. The van der Waals surface area contributed by atoms with E-state index in [2.05, 4.69) is 16.3 Å².